The number of unbranched alkanes of at least 4 members (excludes halogenated alkanes) is 4. The van der Waals surface area contributed by atoms with Gasteiger partial charge in [-0.3, -0.25) is 0 Å². The van der Waals surface area contributed by atoms with Gasteiger partial charge in [-0.1, -0.05) is 44.7 Å². The van der Waals surface area contributed by atoms with Crippen molar-refractivity contribution in [1.29, 1.82) is 5.26 Å². The van der Waals surface area contributed by atoms with Crippen LogP contribution in [0.5, 0.6) is 5.75 Å². The Balaban J connectivity index is 1.55. The Morgan fingerprint density at radius 2 is 2.00 bits per heavy atom. The zero-order valence-electron chi connectivity index (χ0n) is 19.6. The first-order valence-electron chi connectivity index (χ1n) is 12.6. The van der Waals surface area contributed by atoms with Gasteiger partial charge in [-0.05, 0) is 96.8 Å². The number of benzene rings is 1. The van der Waals surface area contributed by atoms with E-state index in [1.165, 1.54) is 36.8 Å². The molecule has 1 aromatic carbocycles. The molecule has 4 nitrogen and oxygen atoms in total. The Hall–Kier alpha value is -1.99. The number of fused-ring (bicyclic) bond motifs is 5. The van der Waals surface area contributed by atoms with Crippen molar-refractivity contribution in [2.45, 2.75) is 89.6 Å². The van der Waals surface area contributed by atoms with Crippen LogP contribution in [-0.2, 0) is 11.2 Å². The smallest absolute Gasteiger partial charge is 0.286 e. The van der Waals surface area contributed by atoms with Crippen LogP contribution in [0.4, 0.5) is 0 Å². The highest BCUT2D eigenvalue weighted by Gasteiger charge is 2.63. The number of nitrogens with zero attached hydrogens (tertiary/aromatic N) is 1. The van der Waals surface area contributed by atoms with Crippen LogP contribution in [0, 0.1) is 34.2 Å². The summed E-state index contributed by atoms with van der Waals surface area (Å²) < 4.78 is 4.78. The Morgan fingerprint density at radius 3 is 2.78 bits per heavy atom. The minimum Gasteiger partial charge on any atom is -0.508 e. The number of ether oxygens (including phenoxy) is 1. The van der Waals surface area contributed by atoms with Gasteiger partial charge in [0.25, 0.3) is 6.26 Å². The summed E-state index contributed by atoms with van der Waals surface area (Å²) in [4.78, 5) is 0. The molecular formula is C28H39NO3. The lowest BCUT2D eigenvalue weighted by Gasteiger charge is -2.60. The number of phenolic OH excluding ortho intramolecular Hbond substituents is 1. The minimum atomic E-state index is -0.214. The number of allylic oxidation sites excluding steroid dienone is 1. The summed E-state index contributed by atoms with van der Waals surface area (Å²) in [6.45, 7) is 7.25. The summed E-state index contributed by atoms with van der Waals surface area (Å²) in [5.74, 6) is 1.79. The van der Waals surface area contributed by atoms with E-state index in [-0.39, 0.29) is 16.9 Å². The molecular weight excluding hydrogens is 398 g/mol. The highest BCUT2D eigenvalue weighted by Crippen LogP contribution is 2.69. The lowest BCUT2D eigenvalue weighted by molar-refractivity contribution is -0.0812. The predicted molar refractivity (Wildman–Crippen MR) is 126 cm³/mol. The summed E-state index contributed by atoms with van der Waals surface area (Å²) >= 11 is 0. The van der Waals surface area contributed by atoms with E-state index < -0.39 is 0 Å². The molecule has 1 aromatic rings. The number of aromatic hydroxyl groups is 1. The maximum absolute atomic E-state index is 11.0. The molecule has 6 atom stereocenters. The molecule has 2 saturated carbocycles. The molecule has 0 saturated heterocycles. The van der Waals surface area contributed by atoms with Crippen molar-refractivity contribution >= 4 is 0 Å². The largest absolute Gasteiger partial charge is 0.508 e. The third-order valence-electron chi connectivity index (χ3n) is 9.24. The van der Waals surface area contributed by atoms with Crippen LogP contribution in [0.25, 0.3) is 0 Å². The topological polar surface area (TPSA) is 73.5 Å². The van der Waals surface area contributed by atoms with Gasteiger partial charge in [0.1, 0.15) is 12.4 Å². The second-order valence-corrected chi connectivity index (χ2v) is 10.8. The molecule has 174 valence electrons. The first kappa shape index (κ1) is 23.2. The molecule has 4 rings (SSSR count). The molecule has 3 aliphatic rings. The van der Waals surface area contributed by atoms with Gasteiger partial charge in [0.05, 0.1) is 6.10 Å². The van der Waals surface area contributed by atoms with E-state index in [1.807, 2.05) is 12.1 Å². The van der Waals surface area contributed by atoms with E-state index in [0.29, 0.717) is 30.1 Å². The van der Waals surface area contributed by atoms with Crippen molar-refractivity contribution in [3.63, 3.8) is 0 Å². The van der Waals surface area contributed by atoms with E-state index in [0.717, 1.165) is 44.9 Å². The number of hydrogen-bond donors (Lipinski definition) is 2. The van der Waals surface area contributed by atoms with Crippen molar-refractivity contribution < 1.29 is 14.9 Å². The van der Waals surface area contributed by atoms with Crippen LogP contribution in [-0.4, -0.2) is 22.9 Å². The highest BCUT2D eigenvalue weighted by atomic mass is 16.5. The average molecular weight is 438 g/mol. The molecule has 2 N–H and O–H groups in total. The van der Waals surface area contributed by atoms with Gasteiger partial charge in [0.15, 0.2) is 0 Å². The maximum atomic E-state index is 11.0. The normalized spacial score (nSPS) is 35.3. The number of aliphatic hydroxyl groups is 1. The Bertz CT molecular complexity index is 861. The zero-order valence-corrected chi connectivity index (χ0v) is 19.6. The molecule has 1 unspecified atom stereocenters. The Kier molecular flexibility index (Phi) is 6.86. The number of rotatable bonds is 9. The Morgan fingerprint density at radius 1 is 1.22 bits per heavy atom. The lowest BCUT2D eigenvalue weighted by atomic mass is 9.44. The molecule has 32 heavy (non-hydrogen) atoms. The fourth-order valence-electron chi connectivity index (χ4n) is 7.85. The third-order valence-corrected chi connectivity index (χ3v) is 9.24. The van der Waals surface area contributed by atoms with Gasteiger partial charge in [-0.2, -0.15) is 5.26 Å². The van der Waals surface area contributed by atoms with Crippen molar-refractivity contribution in [2.75, 3.05) is 6.61 Å². The number of hydrogen-bond acceptors (Lipinski definition) is 4. The fraction of sp³-hybridized carbons (Fsp3) is 0.679. The van der Waals surface area contributed by atoms with E-state index >= 15 is 0 Å². The van der Waals surface area contributed by atoms with Gasteiger partial charge in [0, 0.05) is 0 Å². The number of aryl methyl sites for hydroxylation is 1. The van der Waals surface area contributed by atoms with E-state index in [2.05, 4.69) is 25.6 Å². The van der Waals surface area contributed by atoms with Gasteiger partial charge in [-0.15, -0.1) is 6.58 Å². The Labute approximate surface area is 193 Å². The summed E-state index contributed by atoms with van der Waals surface area (Å²) in [6.07, 6.45) is 15.7. The molecule has 0 aliphatic heterocycles. The minimum absolute atomic E-state index is 0.0294. The molecule has 0 spiro atoms. The highest BCUT2D eigenvalue weighted by molar-refractivity contribution is 5.43. The van der Waals surface area contributed by atoms with Crippen LogP contribution in [0.15, 0.2) is 30.9 Å². The van der Waals surface area contributed by atoms with Crippen LogP contribution < -0.4 is 0 Å². The average Bonchev–Trinajstić information content (AvgIpc) is 3.09. The summed E-state index contributed by atoms with van der Waals surface area (Å²) in [7, 11) is 0. The molecule has 0 heterocycles. The number of aliphatic hydroxyl groups excluding tert-OH is 1. The second-order valence-electron chi connectivity index (χ2n) is 10.8. The predicted octanol–water partition coefficient (Wildman–Crippen LogP) is 6.23. The molecule has 0 amide bonds. The van der Waals surface area contributed by atoms with E-state index in [9.17, 15) is 10.2 Å². The van der Waals surface area contributed by atoms with Gasteiger partial charge in [0.2, 0.25) is 0 Å². The van der Waals surface area contributed by atoms with E-state index in [1.54, 1.807) is 6.26 Å². The summed E-state index contributed by atoms with van der Waals surface area (Å²) in [5, 5.41) is 29.6. The lowest BCUT2D eigenvalue weighted by Crippen LogP contribution is -2.54. The van der Waals surface area contributed by atoms with Gasteiger partial charge >= 0.3 is 0 Å². The molecule has 4 heteroatoms. The molecule has 2 fully saturated rings. The van der Waals surface area contributed by atoms with Crippen LogP contribution >= 0.6 is 0 Å². The third kappa shape index (κ3) is 3.94. The fourth-order valence-corrected chi connectivity index (χ4v) is 7.85. The van der Waals surface area contributed by atoms with Gasteiger partial charge in [-0.25, -0.2) is 0 Å². The summed E-state index contributed by atoms with van der Waals surface area (Å²) in [6, 6.07) is 6.00. The maximum Gasteiger partial charge on any atom is 0.286 e. The van der Waals surface area contributed by atoms with Crippen molar-refractivity contribution in [3.8, 4) is 12.0 Å². The van der Waals surface area contributed by atoms with Crippen molar-refractivity contribution in [3.05, 3.63) is 42.0 Å². The molecule has 0 aromatic heterocycles. The van der Waals surface area contributed by atoms with Crippen LogP contribution in [0.2, 0.25) is 0 Å². The van der Waals surface area contributed by atoms with Gasteiger partial charge < -0.3 is 14.9 Å². The SMILES string of the molecule is C=CC12CCc3cc(O)ccc3[C@H]1[C@@H](CCCCCCCOC#N)C[C@]1(C)[C@@H](O)CC[C@@H]21. The van der Waals surface area contributed by atoms with Crippen LogP contribution in [0.3, 0.4) is 0 Å². The zero-order chi connectivity index (χ0) is 22.8. The van der Waals surface area contributed by atoms with E-state index in [4.69, 9.17) is 10.00 Å². The molecule has 0 bridgehead atoms. The van der Waals surface area contributed by atoms with Crippen LogP contribution in [0.1, 0.15) is 88.2 Å². The van der Waals surface area contributed by atoms with Crippen molar-refractivity contribution in [1.82, 2.24) is 0 Å². The quantitative estimate of drug-likeness (QED) is 0.273. The van der Waals surface area contributed by atoms with Crippen molar-refractivity contribution in [2.24, 2.45) is 22.7 Å². The monoisotopic (exact) mass is 437 g/mol. The summed E-state index contributed by atoms with van der Waals surface area (Å²) in [5.41, 5.74) is 2.72. The number of phenols is 1. The second kappa shape index (κ2) is 9.48. The molecule has 3 aliphatic carbocycles. The first-order valence-corrected chi connectivity index (χ1v) is 12.6. The molecule has 0 radical (unpaired) electrons. The first-order chi connectivity index (χ1) is 15.5. The standard InChI is InChI=1S/C28H39NO3/c1-3-28-15-14-20-17-22(30)10-11-23(20)26(28)21(9-7-5-4-6-8-16-32-19-29)18-27(2)24(28)12-13-25(27)31/h3,10-11,17,21,24-26,30-31H,1,4-9,12-16,18H2,2H3/t21-,24+,25-,26+,27-,28?/m0/s1. The number of nitriles is 1.